The van der Waals surface area contributed by atoms with E-state index in [-0.39, 0.29) is 0 Å². The molecule has 0 unspecified atom stereocenters. The van der Waals surface area contributed by atoms with Crippen LogP contribution >= 0.6 is 0 Å². The standard InChI is InChI=1S/C17H18N2O2/c1-12-6-13(10-18)4-5-14(12)11-19-15-7-16(20-2)9-17(8-15)21-3/h4-9,19H,11H2,1-3H3. The zero-order chi connectivity index (χ0) is 15.2. The lowest BCUT2D eigenvalue weighted by Gasteiger charge is -2.12. The molecular formula is C17H18N2O2. The first-order valence-electron chi connectivity index (χ1n) is 6.63. The monoisotopic (exact) mass is 282 g/mol. The minimum absolute atomic E-state index is 0.674. The van der Waals surface area contributed by atoms with Crippen LogP contribution in [0.15, 0.2) is 36.4 Å². The van der Waals surface area contributed by atoms with Crippen molar-refractivity contribution in [3.05, 3.63) is 53.1 Å². The quantitative estimate of drug-likeness (QED) is 0.912. The molecular weight excluding hydrogens is 264 g/mol. The summed E-state index contributed by atoms with van der Waals surface area (Å²) in [7, 11) is 3.26. The molecule has 4 heteroatoms. The molecule has 2 aromatic carbocycles. The highest BCUT2D eigenvalue weighted by molar-refractivity contribution is 5.54. The second kappa shape index (κ2) is 6.67. The van der Waals surface area contributed by atoms with E-state index in [2.05, 4.69) is 11.4 Å². The number of methoxy groups -OCH3 is 2. The van der Waals surface area contributed by atoms with E-state index in [1.165, 1.54) is 0 Å². The van der Waals surface area contributed by atoms with Crippen molar-refractivity contribution in [3.8, 4) is 17.6 Å². The molecule has 2 aromatic rings. The number of nitrogens with zero attached hydrogens (tertiary/aromatic N) is 1. The van der Waals surface area contributed by atoms with Crippen LogP contribution in [0.2, 0.25) is 0 Å². The summed E-state index contributed by atoms with van der Waals surface area (Å²) in [5.41, 5.74) is 3.85. The van der Waals surface area contributed by atoms with E-state index in [1.807, 2.05) is 43.3 Å². The fraction of sp³-hybridized carbons (Fsp3) is 0.235. The first kappa shape index (κ1) is 14.7. The van der Waals surface area contributed by atoms with Crippen molar-refractivity contribution in [1.29, 1.82) is 5.26 Å². The SMILES string of the molecule is COc1cc(NCc2ccc(C#N)cc2C)cc(OC)c1. The summed E-state index contributed by atoms with van der Waals surface area (Å²) in [5.74, 6) is 1.49. The number of hydrogen-bond donors (Lipinski definition) is 1. The summed E-state index contributed by atoms with van der Waals surface area (Å²) < 4.78 is 10.5. The number of nitrogens with one attached hydrogen (secondary N) is 1. The van der Waals surface area contributed by atoms with Crippen molar-refractivity contribution in [2.75, 3.05) is 19.5 Å². The summed E-state index contributed by atoms with van der Waals surface area (Å²) in [6.07, 6.45) is 0. The Morgan fingerprint density at radius 1 is 1.05 bits per heavy atom. The maximum Gasteiger partial charge on any atom is 0.124 e. The zero-order valence-corrected chi connectivity index (χ0v) is 12.4. The number of rotatable bonds is 5. The Morgan fingerprint density at radius 3 is 2.24 bits per heavy atom. The highest BCUT2D eigenvalue weighted by atomic mass is 16.5. The van der Waals surface area contributed by atoms with Gasteiger partial charge in [0.15, 0.2) is 0 Å². The lowest BCUT2D eigenvalue weighted by atomic mass is 10.1. The molecule has 2 rings (SSSR count). The van der Waals surface area contributed by atoms with Gasteiger partial charge < -0.3 is 14.8 Å². The van der Waals surface area contributed by atoms with Gasteiger partial charge in [-0.05, 0) is 30.2 Å². The van der Waals surface area contributed by atoms with Crippen LogP contribution in [-0.2, 0) is 6.54 Å². The highest BCUT2D eigenvalue weighted by Crippen LogP contribution is 2.26. The summed E-state index contributed by atoms with van der Waals surface area (Å²) >= 11 is 0. The third-order valence-electron chi connectivity index (χ3n) is 3.31. The number of aryl methyl sites for hydroxylation is 1. The van der Waals surface area contributed by atoms with Gasteiger partial charge in [-0.2, -0.15) is 5.26 Å². The summed E-state index contributed by atoms with van der Waals surface area (Å²) in [6, 6.07) is 13.5. The van der Waals surface area contributed by atoms with Gasteiger partial charge >= 0.3 is 0 Å². The smallest absolute Gasteiger partial charge is 0.124 e. The van der Waals surface area contributed by atoms with Crippen LogP contribution < -0.4 is 14.8 Å². The fourth-order valence-corrected chi connectivity index (χ4v) is 2.07. The van der Waals surface area contributed by atoms with Crippen LogP contribution in [-0.4, -0.2) is 14.2 Å². The Bertz CT molecular complexity index is 653. The van der Waals surface area contributed by atoms with E-state index in [4.69, 9.17) is 14.7 Å². The molecule has 0 radical (unpaired) electrons. The number of ether oxygens (including phenoxy) is 2. The molecule has 108 valence electrons. The molecule has 0 atom stereocenters. The molecule has 4 nitrogen and oxygen atoms in total. The van der Waals surface area contributed by atoms with E-state index in [0.29, 0.717) is 12.1 Å². The van der Waals surface area contributed by atoms with Gasteiger partial charge in [-0.15, -0.1) is 0 Å². The van der Waals surface area contributed by atoms with Gasteiger partial charge in [-0.3, -0.25) is 0 Å². The molecule has 0 amide bonds. The van der Waals surface area contributed by atoms with Crippen molar-refractivity contribution < 1.29 is 9.47 Å². The van der Waals surface area contributed by atoms with E-state index in [0.717, 1.165) is 28.3 Å². The van der Waals surface area contributed by atoms with Gasteiger partial charge in [0.1, 0.15) is 11.5 Å². The maximum absolute atomic E-state index is 8.88. The molecule has 0 fully saturated rings. The topological polar surface area (TPSA) is 54.3 Å². The van der Waals surface area contributed by atoms with Crippen molar-refractivity contribution in [2.45, 2.75) is 13.5 Å². The lowest BCUT2D eigenvalue weighted by molar-refractivity contribution is 0.394. The Morgan fingerprint density at radius 2 is 1.71 bits per heavy atom. The normalized spacial score (nSPS) is 9.81. The first-order valence-corrected chi connectivity index (χ1v) is 6.63. The van der Waals surface area contributed by atoms with Crippen LogP contribution in [0.4, 0.5) is 5.69 Å². The summed E-state index contributed by atoms with van der Waals surface area (Å²) in [4.78, 5) is 0. The van der Waals surface area contributed by atoms with Crippen molar-refractivity contribution >= 4 is 5.69 Å². The Hall–Kier alpha value is -2.67. The zero-order valence-electron chi connectivity index (χ0n) is 12.4. The fourth-order valence-electron chi connectivity index (χ4n) is 2.07. The lowest BCUT2D eigenvalue weighted by Crippen LogP contribution is -2.02. The van der Waals surface area contributed by atoms with Crippen molar-refractivity contribution in [1.82, 2.24) is 0 Å². The van der Waals surface area contributed by atoms with Crippen LogP contribution in [0, 0.1) is 18.3 Å². The van der Waals surface area contributed by atoms with Crippen molar-refractivity contribution in [2.24, 2.45) is 0 Å². The predicted molar refractivity (Wildman–Crippen MR) is 82.8 cm³/mol. The largest absolute Gasteiger partial charge is 0.497 e. The molecule has 0 aliphatic rings. The molecule has 0 bridgehead atoms. The number of anilines is 1. The van der Waals surface area contributed by atoms with Crippen molar-refractivity contribution in [3.63, 3.8) is 0 Å². The van der Waals surface area contributed by atoms with Gasteiger partial charge in [0.25, 0.3) is 0 Å². The minimum Gasteiger partial charge on any atom is -0.497 e. The number of benzene rings is 2. The second-order valence-electron chi connectivity index (χ2n) is 4.71. The van der Waals surface area contributed by atoms with Crippen LogP contribution in [0.1, 0.15) is 16.7 Å². The van der Waals surface area contributed by atoms with Gasteiger partial charge in [-0.25, -0.2) is 0 Å². The predicted octanol–water partition coefficient (Wildman–Crippen LogP) is 3.50. The molecule has 0 aliphatic heterocycles. The first-order chi connectivity index (χ1) is 10.2. The molecule has 0 heterocycles. The second-order valence-corrected chi connectivity index (χ2v) is 4.71. The highest BCUT2D eigenvalue weighted by Gasteiger charge is 2.04. The third-order valence-corrected chi connectivity index (χ3v) is 3.31. The average Bonchev–Trinajstić information content (AvgIpc) is 2.53. The van der Waals surface area contributed by atoms with E-state index >= 15 is 0 Å². The molecule has 0 aliphatic carbocycles. The summed E-state index contributed by atoms with van der Waals surface area (Å²) in [6.45, 7) is 2.68. The van der Waals surface area contributed by atoms with Crippen LogP contribution in [0.25, 0.3) is 0 Å². The molecule has 0 saturated carbocycles. The molecule has 0 spiro atoms. The van der Waals surface area contributed by atoms with Gasteiger partial charge in [0.2, 0.25) is 0 Å². The van der Waals surface area contributed by atoms with Crippen LogP contribution in [0.3, 0.4) is 0 Å². The Labute approximate surface area is 124 Å². The van der Waals surface area contributed by atoms with E-state index < -0.39 is 0 Å². The Kier molecular flexibility index (Phi) is 4.68. The molecule has 0 saturated heterocycles. The molecule has 0 aromatic heterocycles. The maximum atomic E-state index is 8.88. The average molecular weight is 282 g/mol. The van der Waals surface area contributed by atoms with Gasteiger partial charge in [-0.1, -0.05) is 6.07 Å². The summed E-state index contributed by atoms with van der Waals surface area (Å²) in [5, 5.41) is 12.2. The minimum atomic E-state index is 0.674. The third kappa shape index (κ3) is 3.67. The number of hydrogen-bond acceptors (Lipinski definition) is 4. The van der Waals surface area contributed by atoms with E-state index in [1.54, 1.807) is 14.2 Å². The Balaban J connectivity index is 2.14. The van der Waals surface area contributed by atoms with Crippen LogP contribution in [0.5, 0.6) is 11.5 Å². The van der Waals surface area contributed by atoms with Gasteiger partial charge in [0.05, 0.1) is 25.9 Å². The van der Waals surface area contributed by atoms with E-state index in [9.17, 15) is 0 Å². The molecule has 21 heavy (non-hydrogen) atoms. The van der Waals surface area contributed by atoms with Gasteiger partial charge in [0, 0.05) is 30.4 Å². The molecule has 1 N–H and O–H groups in total. The number of nitriles is 1.